The maximum atomic E-state index is 13.6. The van der Waals surface area contributed by atoms with Crippen molar-refractivity contribution >= 4 is 5.69 Å². The second kappa shape index (κ2) is 5.36. The first-order valence-corrected chi connectivity index (χ1v) is 5.64. The Balaban J connectivity index is 2.41. The molecule has 0 saturated carbocycles. The monoisotopic (exact) mass is 272 g/mol. The average molecular weight is 272 g/mol. The van der Waals surface area contributed by atoms with Crippen molar-refractivity contribution in [2.24, 2.45) is 0 Å². The van der Waals surface area contributed by atoms with Gasteiger partial charge >= 0.3 is 0 Å². The van der Waals surface area contributed by atoms with Gasteiger partial charge in [-0.3, -0.25) is 10.1 Å². The van der Waals surface area contributed by atoms with Crippen LogP contribution in [0.4, 0.5) is 10.1 Å². The maximum absolute atomic E-state index is 13.6. The summed E-state index contributed by atoms with van der Waals surface area (Å²) in [5, 5.41) is 19.6. The van der Waals surface area contributed by atoms with Crippen LogP contribution in [0.15, 0.2) is 36.4 Å². The van der Waals surface area contributed by atoms with Crippen LogP contribution in [0.1, 0.15) is 11.1 Å². The van der Waals surface area contributed by atoms with Gasteiger partial charge in [0.25, 0.3) is 5.69 Å². The summed E-state index contributed by atoms with van der Waals surface area (Å²) in [6, 6.07) is 9.68. The Kier molecular flexibility index (Phi) is 3.62. The van der Waals surface area contributed by atoms with Gasteiger partial charge in [-0.2, -0.15) is 5.26 Å². The molecule has 0 aliphatic heterocycles. The van der Waals surface area contributed by atoms with E-state index in [0.29, 0.717) is 0 Å². The van der Waals surface area contributed by atoms with Crippen molar-refractivity contribution in [1.82, 2.24) is 0 Å². The number of non-ortho nitro benzene ring substituents is 1. The highest BCUT2D eigenvalue weighted by Gasteiger charge is 2.13. The standard InChI is InChI=1S/C14H9FN2O3/c1-9-2-4-12(15)14(6-9)20-13-5-3-11(17(18)19)7-10(13)8-16/h2-7H,1H3. The number of ether oxygens (including phenoxy) is 1. The molecule has 100 valence electrons. The summed E-state index contributed by atoms with van der Waals surface area (Å²) < 4.78 is 18.9. The molecule has 0 radical (unpaired) electrons. The summed E-state index contributed by atoms with van der Waals surface area (Å²) in [6.45, 7) is 1.77. The number of nitro benzene ring substituents is 1. The van der Waals surface area contributed by atoms with E-state index in [1.165, 1.54) is 24.3 Å². The van der Waals surface area contributed by atoms with Crippen LogP contribution in [0.3, 0.4) is 0 Å². The van der Waals surface area contributed by atoms with E-state index in [1.54, 1.807) is 19.1 Å². The fourth-order valence-corrected chi connectivity index (χ4v) is 1.62. The van der Waals surface area contributed by atoms with Crippen molar-refractivity contribution in [3.8, 4) is 17.6 Å². The average Bonchev–Trinajstić information content (AvgIpc) is 2.43. The first-order valence-electron chi connectivity index (χ1n) is 5.64. The SMILES string of the molecule is Cc1ccc(F)c(Oc2ccc([N+](=O)[O-])cc2C#N)c1. The fourth-order valence-electron chi connectivity index (χ4n) is 1.62. The number of hydrogen-bond acceptors (Lipinski definition) is 4. The summed E-state index contributed by atoms with van der Waals surface area (Å²) in [4.78, 5) is 10.0. The highest BCUT2D eigenvalue weighted by atomic mass is 19.1. The van der Waals surface area contributed by atoms with Crippen LogP contribution in [0, 0.1) is 34.2 Å². The first-order chi connectivity index (χ1) is 9.51. The van der Waals surface area contributed by atoms with Gasteiger partial charge in [-0.05, 0) is 30.7 Å². The minimum Gasteiger partial charge on any atom is -0.453 e. The Labute approximate surface area is 114 Å². The molecular formula is C14H9FN2O3. The van der Waals surface area contributed by atoms with Crippen LogP contribution in [0.25, 0.3) is 0 Å². The minimum absolute atomic E-state index is 0.0277. The summed E-state index contributed by atoms with van der Waals surface area (Å²) in [7, 11) is 0. The Morgan fingerprint density at radius 1 is 1.25 bits per heavy atom. The van der Waals surface area contributed by atoms with Gasteiger partial charge in [-0.25, -0.2) is 4.39 Å². The van der Waals surface area contributed by atoms with Gasteiger partial charge in [-0.15, -0.1) is 0 Å². The molecule has 2 aromatic carbocycles. The Bertz CT molecular complexity index is 723. The van der Waals surface area contributed by atoms with Gasteiger partial charge in [0.15, 0.2) is 11.6 Å². The van der Waals surface area contributed by atoms with Crippen molar-refractivity contribution in [3.05, 3.63) is 63.5 Å². The normalized spacial score (nSPS) is 9.85. The molecule has 2 aromatic rings. The molecule has 2 rings (SSSR count). The zero-order valence-corrected chi connectivity index (χ0v) is 10.5. The van der Waals surface area contributed by atoms with E-state index in [0.717, 1.165) is 11.6 Å². The van der Waals surface area contributed by atoms with E-state index in [9.17, 15) is 14.5 Å². The van der Waals surface area contributed by atoms with E-state index >= 15 is 0 Å². The van der Waals surface area contributed by atoms with E-state index < -0.39 is 10.7 Å². The highest BCUT2D eigenvalue weighted by molar-refractivity contribution is 5.51. The van der Waals surface area contributed by atoms with Gasteiger partial charge in [0, 0.05) is 12.1 Å². The van der Waals surface area contributed by atoms with Crippen LogP contribution in [0.5, 0.6) is 11.5 Å². The molecule has 0 unspecified atom stereocenters. The number of rotatable bonds is 3. The number of nitro groups is 1. The van der Waals surface area contributed by atoms with Crippen molar-refractivity contribution in [3.63, 3.8) is 0 Å². The van der Waals surface area contributed by atoms with Crippen LogP contribution in [-0.2, 0) is 0 Å². The number of benzene rings is 2. The third-order valence-electron chi connectivity index (χ3n) is 2.60. The predicted molar refractivity (Wildman–Crippen MR) is 69.0 cm³/mol. The summed E-state index contributed by atoms with van der Waals surface area (Å²) in [6.07, 6.45) is 0. The second-order valence-corrected chi connectivity index (χ2v) is 4.09. The highest BCUT2D eigenvalue weighted by Crippen LogP contribution is 2.30. The summed E-state index contributed by atoms with van der Waals surface area (Å²) in [5.74, 6) is -0.532. The molecule has 20 heavy (non-hydrogen) atoms. The lowest BCUT2D eigenvalue weighted by atomic mass is 10.2. The van der Waals surface area contributed by atoms with Crippen molar-refractivity contribution < 1.29 is 14.1 Å². The molecule has 0 atom stereocenters. The zero-order valence-electron chi connectivity index (χ0n) is 10.5. The van der Waals surface area contributed by atoms with E-state index in [4.69, 9.17) is 10.00 Å². The molecule has 0 amide bonds. The minimum atomic E-state index is -0.613. The van der Waals surface area contributed by atoms with Crippen LogP contribution >= 0.6 is 0 Å². The number of nitrogens with zero attached hydrogens (tertiary/aromatic N) is 2. The molecule has 6 heteroatoms. The fraction of sp³-hybridized carbons (Fsp3) is 0.0714. The van der Waals surface area contributed by atoms with Crippen molar-refractivity contribution in [2.45, 2.75) is 6.92 Å². The molecule has 0 aliphatic rings. The lowest BCUT2D eigenvalue weighted by molar-refractivity contribution is -0.384. The van der Waals surface area contributed by atoms with E-state index in [1.807, 2.05) is 0 Å². The van der Waals surface area contributed by atoms with Crippen molar-refractivity contribution in [1.29, 1.82) is 5.26 Å². The Morgan fingerprint density at radius 2 is 2.00 bits per heavy atom. The molecule has 0 spiro atoms. The van der Waals surface area contributed by atoms with Crippen LogP contribution in [0.2, 0.25) is 0 Å². The molecule has 0 aliphatic carbocycles. The molecule has 5 nitrogen and oxygen atoms in total. The van der Waals surface area contributed by atoms with E-state index in [2.05, 4.69) is 0 Å². The topological polar surface area (TPSA) is 76.2 Å². The molecule has 0 fully saturated rings. The van der Waals surface area contributed by atoms with Crippen LogP contribution < -0.4 is 4.74 Å². The third kappa shape index (κ3) is 2.72. The molecule has 0 N–H and O–H groups in total. The molecule has 0 heterocycles. The summed E-state index contributed by atoms with van der Waals surface area (Å²) >= 11 is 0. The van der Waals surface area contributed by atoms with Gasteiger partial charge in [0.1, 0.15) is 17.4 Å². The predicted octanol–water partition coefficient (Wildman–Crippen LogP) is 3.71. The van der Waals surface area contributed by atoms with E-state index in [-0.39, 0.29) is 22.7 Å². The Morgan fingerprint density at radius 3 is 2.65 bits per heavy atom. The molecule has 0 aromatic heterocycles. The molecule has 0 bridgehead atoms. The number of aryl methyl sites for hydroxylation is 1. The number of nitriles is 1. The number of hydrogen-bond donors (Lipinski definition) is 0. The smallest absolute Gasteiger partial charge is 0.271 e. The molecular weight excluding hydrogens is 263 g/mol. The second-order valence-electron chi connectivity index (χ2n) is 4.09. The third-order valence-corrected chi connectivity index (χ3v) is 2.60. The van der Waals surface area contributed by atoms with Crippen LogP contribution in [-0.4, -0.2) is 4.92 Å². The van der Waals surface area contributed by atoms with Gasteiger partial charge in [0.2, 0.25) is 0 Å². The van der Waals surface area contributed by atoms with Crippen molar-refractivity contribution in [2.75, 3.05) is 0 Å². The largest absolute Gasteiger partial charge is 0.453 e. The Hall–Kier alpha value is -2.94. The quantitative estimate of drug-likeness (QED) is 0.630. The lowest BCUT2D eigenvalue weighted by Gasteiger charge is -2.08. The van der Waals surface area contributed by atoms with Gasteiger partial charge in [0.05, 0.1) is 4.92 Å². The molecule has 0 saturated heterocycles. The summed E-state index contributed by atoms with van der Waals surface area (Å²) in [5.41, 5.74) is 0.542. The zero-order chi connectivity index (χ0) is 14.7. The lowest BCUT2D eigenvalue weighted by Crippen LogP contribution is -1.94. The van der Waals surface area contributed by atoms with Gasteiger partial charge in [-0.1, -0.05) is 6.07 Å². The number of halogens is 1. The van der Waals surface area contributed by atoms with Gasteiger partial charge < -0.3 is 4.74 Å². The first kappa shape index (κ1) is 13.5. The maximum Gasteiger partial charge on any atom is 0.271 e.